The third-order valence-electron chi connectivity index (χ3n) is 3.02. The van der Waals surface area contributed by atoms with E-state index in [-0.39, 0.29) is 17.4 Å². The molecule has 0 saturated carbocycles. The van der Waals surface area contributed by atoms with Crippen molar-refractivity contribution >= 4 is 17.2 Å². The van der Waals surface area contributed by atoms with Crippen molar-refractivity contribution in [3.8, 4) is 0 Å². The van der Waals surface area contributed by atoms with E-state index < -0.39 is 0 Å². The average Bonchev–Trinajstić information content (AvgIpc) is 2.25. The Morgan fingerprint density at radius 1 is 1.29 bits per heavy atom. The largest absolute Gasteiger partial charge is 0.315 e. The van der Waals surface area contributed by atoms with Crippen LogP contribution in [-0.4, -0.2) is 30.3 Å². The number of hydrogen-bond donors (Lipinski definition) is 3. The van der Waals surface area contributed by atoms with E-state index in [1.165, 1.54) is 6.92 Å². The van der Waals surface area contributed by atoms with Crippen molar-refractivity contribution in [2.45, 2.75) is 6.92 Å². The summed E-state index contributed by atoms with van der Waals surface area (Å²) in [7, 11) is 0. The summed E-state index contributed by atoms with van der Waals surface area (Å²) in [5, 5.41) is 19.0. The van der Waals surface area contributed by atoms with Gasteiger partial charge in [-0.05, 0) is 13.0 Å². The Bertz CT molecular complexity index is 489. The van der Waals surface area contributed by atoms with Gasteiger partial charge >= 0.3 is 0 Å². The van der Waals surface area contributed by atoms with Crippen molar-refractivity contribution in [2.24, 2.45) is 5.92 Å². The zero-order chi connectivity index (χ0) is 12.4. The molecule has 0 bridgehead atoms. The number of carbonyl (C=O) groups is 1. The molecule has 17 heavy (non-hydrogen) atoms. The summed E-state index contributed by atoms with van der Waals surface area (Å²) in [5.41, 5.74) is 1.81. The minimum atomic E-state index is -0.0171. The Labute approximate surface area is 100 Å². The normalized spacial score (nSPS) is 15.1. The lowest BCUT2D eigenvalue weighted by atomic mass is 9.90. The Kier molecular flexibility index (Phi) is 3.15. The molecule has 1 aromatic carbocycles. The summed E-state index contributed by atoms with van der Waals surface area (Å²) in [6.45, 7) is 3.05. The SMILES string of the molecule is CC(=O)c1cccc(C(=N)C(=N)C2CNC2)c1. The van der Waals surface area contributed by atoms with E-state index >= 15 is 0 Å². The molecule has 0 atom stereocenters. The van der Waals surface area contributed by atoms with Gasteiger partial charge in [-0.15, -0.1) is 0 Å². The van der Waals surface area contributed by atoms with Gasteiger partial charge in [0.2, 0.25) is 0 Å². The van der Waals surface area contributed by atoms with Gasteiger partial charge in [0.05, 0.1) is 11.4 Å². The third-order valence-corrected chi connectivity index (χ3v) is 3.02. The van der Waals surface area contributed by atoms with Crippen LogP contribution in [0.15, 0.2) is 24.3 Å². The highest BCUT2D eigenvalue weighted by atomic mass is 16.1. The fraction of sp³-hybridized carbons (Fsp3) is 0.308. The highest BCUT2D eigenvalue weighted by Gasteiger charge is 2.25. The number of rotatable bonds is 4. The van der Waals surface area contributed by atoms with Crippen LogP contribution in [-0.2, 0) is 0 Å². The van der Waals surface area contributed by atoms with Crippen molar-refractivity contribution in [3.05, 3.63) is 35.4 Å². The van der Waals surface area contributed by atoms with Gasteiger partial charge in [0.25, 0.3) is 0 Å². The molecule has 1 saturated heterocycles. The summed E-state index contributed by atoms with van der Waals surface area (Å²) in [4.78, 5) is 11.3. The second kappa shape index (κ2) is 4.59. The lowest BCUT2D eigenvalue weighted by Crippen LogP contribution is -2.48. The van der Waals surface area contributed by atoms with E-state index in [4.69, 9.17) is 10.8 Å². The van der Waals surface area contributed by atoms with Crippen LogP contribution in [0, 0.1) is 16.7 Å². The monoisotopic (exact) mass is 229 g/mol. The average molecular weight is 229 g/mol. The van der Waals surface area contributed by atoms with Crippen LogP contribution in [0.2, 0.25) is 0 Å². The van der Waals surface area contributed by atoms with E-state index in [1.807, 2.05) is 0 Å². The highest BCUT2D eigenvalue weighted by Crippen LogP contribution is 2.12. The Hall–Kier alpha value is -1.81. The topological polar surface area (TPSA) is 76.8 Å². The Balaban J connectivity index is 2.21. The molecule has 1 aliphatic rings. The maximum absolute atomic E-state index is 11.3. The molecule has 1 aliphatic heterocycles. The van der Waals surface area contributed by atoms with Crippen LogP contribution >= 0.6 is 0 Å². The minimum Gasteiger partial charge on any atom is -0.315 e. The quantitative estimate of drug-likeness (QED) is 0.540. The predicted octanol–water partition coefficient (Wildman–Crippen LogP) is 1.50. The van der Waals surface area contributed by atoms with Crippen molar-refractivity contribution in [3.63, 3.8) is 0 Å². The molecule has 0 aliphatic carbocycles. The Morgan fingerprint density at radius 3 is 2.47 bits per heavy atom. The molecule has 0 spiro atoms. The summed E-state index contributed by atoms with van der Waals surface area (Å²) < 4.78 is 0. The molecular weight excluding hydrogens is 214 g/mol. The van der Waals surface area contributed by atoms with Gasteiger partial charge in [-0.2, -0.15) is 0 Å². The smallest absolute Gasteiger partial charge is 0.159 e. The van der Waals surface area contributed by atoms with E-state index in [0.29, 0.717) is 16.8 Å². The molecule has 0 radical (unpaired) electrons. The molecule has 3 N–H and O–H groups in total. The molecule has 2 rings (SSSR count). The second-order valence-electron chi connectivity index (χ2n) is 4.28. The first-order chi connectivity index (χ1) is 8.09. The minimum absolute atomic E-state index is 0.0171. The maximum Gasteiger partial charge on any atom is 0.159 e. The van der Waals surface area contributed by atoms with Gasteiger partial charge in [0.15, 0.2) is 5.78 Å². The van der Waals surface area contributed by atoms with Crippen LogP contribution in [0.25, 0.3) is 0 Å². The summed E-state index contributed by atoms with van der Waals surface area (Å²) in [6.07, 6.45) is 0. The maximum atomic E-state index is 11.3. The number of hydrogen-bond acceptors (Lipinski definition) is 4. The highest BCUT2D eigenvalue weighted by molar-refractivity contribution is 6.47. The van der Waals surface area contributed by atoms with Crippen molar-refractivity contribution in [2.75, 3.05) is 13.1 Å². The van der Waals surface area contributed by atoms with Crippen molar-refractivity contribution < 1.29 is 4.79 Å². The molecule has 4 nitrogen and oxygen atoms in total. The first kappa shape index (κ1) is 11.7. The molecule has 0 amide bonds. The number of Topliss-reactive ketones (excluding diaryl/α,β-unsaturated/α-hetero) is 1. The number of nitrogens with one attached hydrogen (secondary N) is 3. The van der Waals surface area contributed by atoms with E-state index in [0.717, 1.165) is 13.1 Å². The summed E-state index contributed by atoms with van der Waals surface area (Å²) >= 11 is 0. The standard InChI is InChI=1S/C13H15N3O/c1-8(17)9-3-2-4-10(5-9)12(14)13(15)11-6-16-7-11/h2-5,11,14-16H,6-7H2,1H3. The zero-order valence-electron chi connectivity index (χ0n) is 9.71. The molecule has 0 unspecified atom stereocenters. The van der Waals surface area contributed by atoms with Crippen LogP contribution < -0.4 is 5.32 Å². The lowest BCUT2D eigenvalue weighted by Gasteiger charge is -2.28. The lowest BCUT2D eigenvalue weighted by molar-refractivity contribution is 0.101. The zero-order valence-corrected chi connectivity index (χ0v) is 9.71. The van der Waals surface area contributed by atoms with Gasteiger partial charge in [-0.3, -0.25) is 10.2 Å². The van der Waals surface area contributed by atoms with Crippen molar-refractivity contribution in [1.29, 1.82) is 10.8 Å². The number of benzene rings is 1. The number of ketones is 1. The molecule has 0 aromatic heterocycles. The van der Waals surface area contributed by atoms with E-state index in [9.17, 15) is 4.79 Å². The molecule has 88 valence electrons. The first-order valence-electron chi connectivity index (χ1n) is 5.59. The summed E-state index contributed by atoms with van der Waals surface area (Å²) in [6, 6.07) is 6.95. The van der Waals surface area contributed by atoms with Gasteiger partial charge in [0, 0.05) is 30.1 Å². The molecule has 1 fully saturated rings. The fourth-order valence-electron chi connectivity index (χ4n) is 1.75. The van der Waals surface area contributed by atoms with Gasteiger partial charge in [-0.25, -0.2) is 0 Å². The van der Waals surface area contributed by atoms with E-state index in [2.05, 4.69) is 5.32 Å². The Morgan fingerprint density at radius 2 is 1.94 bits per heavy atom. The van der Waals surface area contributed by atoms with Crippen LogP contribution in [0.5, 0.6) is 0 Å². The van der Waals surface area contributed by atoms with Crippen molar-refractivity contribution in [1.82, 2.24) is 5.32 Å². The second-order valence-corrected chi connectivity index (χ2v) is 4.28. The van der Waals surface area contributed by atoms with Gasteiger partial charge in [0.1, 0.15) is 0 Å². The number of carbonyl (C=O) groups excluding carboxylic acids is 1. The predicted molar refractivity (Wildman–Crippen MR) is 67.4 cm³/mol. The molecule has 1 aromatic rings. The fourth-order valence-corrected chi connectivity index (χ4v) is 1.75. The van der Waals surface area contributed by atoms with Crippen LogP contribution in [0.4, 0.5) is 0 Å². The third kappa shape index (κ3) is 2.31. The first-order valence-corrected chi connectivity index (χ1v) is 5.59. The summed E-state index contributed by atoms with van der Waals surface area (Å²) in [5.74, 6) is 0.125. The molecule has 4 heteroatoms. The molecule has 1 heterocycles. The molecular formula is C13H15N3O. The van der Waals surface area contributed by atoms with Gasteiger partial charge < -0.3 is 10.7 Å². The van der Waals surface area contributed by atoms with Crippen LogP contribution in [0.1, 0.15) is 22.8 Å². The van der Waals surface area contributed by atoms with Gasteiger partial charge in [-0.1, -0.05) is 18.2 Å². The van der Waals surface area contributed by atoms with E-state index in [1.54, 1.807) is 24.3 Å². The van der Waals surface area contributed by atoms with Crippen LogP contribution in [0.3, 0.4) is 0 Å².